The third-order valence-electron chi connectivity index (χ3n) is 4.87. The summed E-state index contributed by atoms with van der Waals surface area (Å²) in [6.07, 6.45) is 3.19. The largest absolute Gasteiger partial charge is 0.493 e. The average molecular weight is 408 g/mol. The van der Waals surface area contributed by atoms with Gasteiger partial charge in [0.1, 0.15) is 6.54 Å². The number of rotatable bonds is 5. The highest BCUT2D eigenvalue weighted by molar-refractivity contribution is 6.15. The highest BCUT2D eigenvalue weighted by Gasteiger charge is 2.29. The predicted molar refractivity (Wildman–Crippen MR) is 111 cm³/mol. The average Bonchev–Trinajstić information content (AvgIpc) is 3.31. The van der Waals surface area contributed by atoms with Crippen LogP contribution in [0.25, 0.3) is 11.1 Å². The van der Waals surface area contributed by atoms with Gasteiger partial charge >= 0.3 is 0 Å². The maximum absolute atomic E-state index is 13.3. The van der Waals surface area contributed by atoms with E-state index in [-0.39, 0.29) is 18.4 Å². The Bertz CT molecular complexity index is 1080. The van der Waals surface area contributed by atoms with Gasteiger partial charge in [-0.2, -0.15) is 0 Å². The van der Waals surface area contributed by atoms with Crippen LogP contribution in [0.4, 0.5) is 11.4 Å². The van der Waals surface area contributed by atoms with Gasteiger partial charge in [-0.15, -0.1) is 0 Å². The van der Waals surface area contributed by atoms with Gasteiger partial charge in [0.05, 0.1) is 45.2 Å². The van der Waals surface area contributed by atoms with Gasteiger partial charge in [-0.3, -0.25) is 14.5 Å². The van der Waals surface area contributed by atoms with Crippen molar-refractivity contribution in [2.75, 3.05) is 38.1 Å². The first-order chi connectivity index (χ1) is 14.5. The third kappa shape index (κ3) is 3.32. The number of amides is 2. The Labute approximate surface area is 172 Å². The lowest BCUT2D eigenvalue weighted by Gasteiger charge is -2.30. The lowest BCUT2D eigenvalue weighted by Crippen LogP contribution is -2.42. The molecule has 0 fully saturated rings. The van der Waals surface area contributed by atoms with Crippen molar-refractivity contribution in [3.8, 4) is 28.4 Å². The number of ether oxygens (including phenoxy) is 3. The van der Waals surface area contributed by atoms with Crippen LogP contribution in [0.2, 0.25) is 0 Å². The molecule has 4 rings (SSSR count). The molecule has 1 N–H and O–H groups in total. The molecule has 1 aliphatic heterocycles. The van der Waals surface area contributed by atoms with Gasteiger partial charge in [0.15, 0.2) is 11.5 Å². The summed E-state index contributed by atoms with van der Waals surface area (Å²) in [6.45, 7) is -0.104. The first-order valence-electron chi connectivity index (χ1n) is 9.14. The van der Waals surface area contributed by atoms with Crippen LogP contribution >= 0.6 is 0 Å². The van der Waals surface area contributed by atoms with E-state index >= 15 is 0 Å². The molecule has 2 amide bonds. The zero-order valence-electron chi connectivity index (χ0n) is 16.7. The van der Waals surface area contributed by atoms with Crippen molar-refractivity contribution in [3.05, 3.63) is 54.5 Å². The normalized spacial score (nSPS) is 12.8. The van der Waals surface area contributed by atoms with Gasteiger partial charge in [0.25, 0.3) is 5.91 Å². The van der Waals surface area contributed by atoms with E-state index in [9.17, 15) is 9.59 Å². The van der Waals surface area contributed by atoms with Crippen molar-refractivity contribution < 1.29 is 28.2 Å². The molecular formula is C22H20N2O6. The molecule has 0 bridgehead atoms. The number of carbonyl (C=O) groups excluding carboxylic acids is 2. The van der Waals surface area contributed by atoms with Crippen LogP contribution in [-0.2, 0) is 4.79 Å². The third-order valence-corrected chi connectivity index (χ3v) is 4.87. The molecule has 0 radical (unpaired) electrons. The number of nitrogens with zero attached hydrogens (tertiary/aromatic N) is 1. The molecule has 0 saturated carbocycles. The number of benzene rings is 2. The molecule has 1 aliphatic rings. The van der Waals surface area contributed by atoms with Crippen molar-refractivity contribution in [2.24, 2.45) is 0 Å². The minimum absolute atomic E-state index is 0.104. The molecule has 0 spiro atoms. The second kappa shape index (κ2) is 7.82. The molecule has 8 nitrogen and oxygen atoms in total. The Kier molecular flexibility index (Phi) is 5.05. The van der Waals surface area contributed by atoms with Gasteiger partial charge in [0.2, 0.25) is 11.7 Å². The zero-order chi connectivity index (χ0) is 21.3. The number of fused-ring (bicyclic) bond motifs is 1. The standard InChI is InChI=1S/C22H20N2O6/c1-27-18-9-15(10-19(28-2)21(18)29-3)22(26)24-11-20(25)23-16-8-13(4-5-17(16)24)14-6-7-30-12-14/h4-10,12H,11H2,1-3H3,(H,23,25). The van der Waals surface area contributed by atoms with E-state index in [1.807, 2.05) is 18.2 Å². The fourth-order valence-corrected chi connectivity index (χ4v) is 3.44. The van der Waals surface area contributed by atoms with Gasteiger partial charge in [-0.05, 0) is 35.9 Å². The number of hydrogen-bond donors (Lipinski definition) is 1. The molecule has 1 aromatic heterocycles. The second-order valence-corrected chi connectivity index (χ2v) is 6.60. The van der Waals surface area contributed by atoms with E-state index in [0.717, 1.165) is 11.1 Å². The lowest BCUT2D eigenvalue weighted by molar-refractivity contribution is -0.115. The number of carbonyl (C=O) groups is 2. The molecule has 0 aliphatic carbocycles. The number of hydrogen-bond acceptors (Lipinski definition) is 6. The van der Waals surface area contributed by atoms with E-state index in [1.165, 1.54) is 26.2 Å². The maximum Gasteiger partial charge on any atom is 0.259 e. The Morgan fingerprint density at radius 2 is 1.73 bits per heavy atom. The van der Waals surface area contributed by atoms with Crippen molar-refractivity contribution in [3.63, 3.8) is 0 Å². The van der Waals surface area contributed by atoms with Gasteiger partial charge in [-0.25, -0.2) is 0 Å². The summed E-state index contributed by atoms with van der Waals surface area (Å²) < 4.78 is 21.1. The number of anilines is 2. The van der Waals surface area contributed by atoms with Crippen molar-refractivity contribution in [1.29, 1.82) is 0 Å². The van der Waals surface area contributed by atoms with Gasteiger partial charge in [0, 0.05) is 11.1 Å². The molecule has 154 valence electrons. The molecule has 0 saturated heterocycles. The number of nitrogens with one attached hydrogen (secondary N) is 1. The van der Waals surface area contributed by atoms with E-state index in [4.69, 9.17) is 18.6 Å². The van der Waals surface area contributed by atoms with Crippen molar-refractivity contribution in [1.82, 2.24) is 0 Å². The Hall–Kier alpha value is -3.94. The highest BCUT2D eigenvalue weighted by atomic mass is 16.5. The van der Waals surface area contributed by atoms with Gasteiger partial charge in [-0.1, -0.05) is 6.07 Å². The van der Waals surface area contributed by atoms with E-state index in [0.29, 0.717) is 34.2 Å². The van der Waals surface area contributed by atoms with E-state index < -0.39 is 0 Å². The molecule has 0 atom stereocenters. The van der Waals surface area contributed by atoms with Crippen LogP contribution in [0.1, 0.15) is 10.4 Å². The zero-order valence-corrected chi connectivity index (χ0v) is 16.7. The SMILES string of the molecule is COc1cc(C(=O)N2CC(=O)Nc3cc(-c4ccoc4)ccc32)cc(OC)c1OC. The van der Waals surface area contributed by atoms with Crippen molar-refractivity contribution in [2.45, 2.75) is 0 Å². The van der Waals surface area contributed by atoms with Crippen molar-refractivity contribution >= 4 is 23.2 Å². The fourth-order valence-electron chi connectivity index (χ4n) is 3.44. The summed E-state index contributed by atoms with van der Waals surface area (Å²) in [5, 5.41) is 2.83. The molecule has 2 aromatic carbocycles. The summed E-state index contributed by atoms with van der Waals surface area (Å²) in [6, 6.07) is 10.4. The van der Waals surface area contributed by atoms with Crippen LogP contribution in [-0.4, -0.2) is 39.7 Å². The first kappa shape index (κ1) is 19.4. The fraction of sp³-hybridized carbons (Fsp3) is 0.182. The quantitative estimate of drug-likeness (QED) is 0.694. The summed E-state index contributed by atoms with van der Waals surface area (Å²) >= 11 is 0. The molecule has 30 heavy (non-hydrogen) atoms. The predicted octanol–water partition coefficient (Wildman–Crippen LogP) is 3.57. The minimum atomic E-state index is -0.360. The second-order valence-electron chi connectivity index (χ2n) is 6.60. The first-order valence-corrected chi connectivity index (χ1v) is 9.14. The van der Waals surface area contributed by atoms with Crippen LogP contribution in [0.15, 0.2) is 53.3 Å². The summed E-state index contributed by atoms with van der Waals surface area (Å²) in [5.74, 6) is 0.460. The Balaban J connectivity index is 1.75. The van der Waals surface area contributed by atoms with Crippen LogP contribution in [0.3, 0.4) is 0 Å². The molecule has 2 heterocycles. The molecular weight excluding hydrogens is 388 g/mol. The minimum Gasteiger partial charge on any atom is -0.493 e. The highest BCUT2D eigenvalue weighted by Crippen LogP contribution is 2.40. The van der Waals surface area contributed by atoms with Crippen LogP contribution in [0.5, 0.6) is 17.2 Å². The molecule has 0 unspecified atom stereocenters. The number of methoxy groups -OCH3 is 3. The Morgan fingerprint density at radius 1 is 1.00 bits per heavy atom. The summed E-state index contributed by atoms with van der Waals surface area (Å²) in [4.78, 5) is 27.1. The summed E-state index contributed by atoms with van der Waals surface area (Å²) in [7, 11) is 4.45. The Morgan fingerprint density at radius 3 is 2.33 bits per heavy atom. The smallest absolute Gasteiger partial charge is 0.259 e. The lowest BCUT2D eigenvalue weighted by atomic mass is 10.0. The molecule has 3 aromatic rings. The summed E-state index contributed by atoms with van der Waals surface area (Å²) in [5.41, 5.74) is 3.19. The monoisotopic (exact) mass is 408 g/mol. The van der Waals surface area contributed by atoms with Crippen LogP contribution < -0.4 is 24.4 Å². The van der Waals surface area contributed by atoms with Gasteiger partial charge < -0.3 is 23.9 Å². The van der Waals surface area contributed by atoms with E-state index in [1.54, 1.807) is 30.7 Å². The van der Waals surface area contributed by atoms with Crippen LogP contribution in [0, 0.1) is 0 Å². The number of furan rings is 1. The van der Waals surface area contributed by atoms with E-state index in [2.05, 4.69) is 5.32 Å². The molecule has 8 heteroatoms. The maximum atomic E-state index is 13.3. The topological polar surface area (TPSA) is 90.2 Å².